The topological polar surface area (TPSA) is 58.6 Å². The van der Waals surface area contributed by atoms with Crippen LogP contribution in [0.1, 0.15) is 44.7 Å². The molecule has 0 saturated carbocycles. The Bertz CT molecular complexity index is 1160. The van der Waals surface area contributed by atoms with Crippen LogP contribution in [-0.4, -0.2) is 52.7 Å². The van der Waals surface area contributed by atoms with Crippen molar-refractivity contribution < 1.29 is 9.53 Å². The number of ether oxygens (including phenoxy) is 1. The Balaban J connectivity index is 1.24. The molecule has 0 radical (unpaired) electrons. The maximum atomic E-state index is 12.4. The highest BCUT2D eigenvalue weighted by Gasteiger charge is 2.46. The number of likely N-dealkylation sites (tertiary alicyclic amines) is 1. The molecule has 2 saturated heterocycles. The zero-order valence-electron chi connectivity index (χ0n) is 20.5. The summed E-state index contributed by atoms with van der Waals surface area (Å²) in [4.78, 5) is 25.8. The van der Waals surface area contributed by atoms with Crippen LogP contribution in [0.3, 0.4) is 0 Å². The molecule has 0 atom stereocenters. The minimum Gasteiger partial charge on any atom is -0.444 e. The van der Waals surface area contributed by atoms with Gasteiger partial charge in [-0.05, 0) is 69.7 Å². The number of amides is 1. The second-order valence-electron chi connectivity index (χ2n) is 10.9. The number of hydrogen-bond acceptors (Lipinski definition) is 5. The summed E-state index contributed by atoms with van der Waals surface area (Å²) in [5.74, 6) is 1.03. The molecule has 2 aliphatic rings. The number of hydrogen-bond donors (Lipinski definition) is 0. The summed E-state index contributed by atoms with van der Waals surface area (Å²) in [6.45, 7) is 9.23. The summed E-state index contributed by atoms with van der Waals surface area (Å²) in [6.07, 6.45) is 5.53. The smallest absolute Gasteiger partial charge is 0.410 e. The first-order valence-electron chi connectivity index (χ1n) is 12.3. The lowest BCUT2D eigenvalue weighted by Crippen LogP contribution is -2.61. The number of carbonyl (C=O) groups excluding carboxylic acids is 1. The van der Waals surface area contributed by atoms with Crippen LogP contribution in [0.25, 0.3) is 10.9 Å². The van der Waals surface area contributed by atoms with Gasteiger partial charge in [-0.15, -0.1) is 0 Å². The lowest BCUT2D eigenvalue weighted by atomic mass is 9.72. The fourth-order valence-electron chi connectivity index (χ4n) is 5.15. The Morgan fingerprint density at radius 1 is 0.971 bits per heavy atom. The van der Waals surface area contributed by atoms with E-state index in [0.717, 1.165) is 68.6 Å². The van der Waals surface area contributed by atoms with E-state index in [2.05, 4.69) is 63.4 Å². The number of aryl methyl sites for hydroxylation is 2. The summed E-state index contributed by atoms with van der Waals surface area (Å²) < 4.78 is 5.55. The van der Waals surface area contributed by atoms with Crippen molar-refractivity contribution >= 4 is 22.8 Å². The van der Waals surface area contributed by atoms with E-state index in [1.54, 1.807) is 6.33 Å². The summed E-state index contributed by atoms with van der Waals surface area (Å²) in [6, 6.07) is 17.2. The molecule has 6 heteroatoms. The molecule has 178 valence electrons. The Morgan fingerprint density at radius 2 is 1.68 bits per heavy atom. The van der Waals surface area contributed by atoms with Crippen LogP contribution in [0.15, 0.2) is 54.9 Å². The van der Waals surface area contributed by atoms with Crippen LogP contribution in [0.4, 0.5) is 10.6 Å². The number of nitrogens with zero attached hydrogens (tertiary/aromatic N) is 4. The van der Waals surface area contributed by atoms with Crippen molar-refractivity contribution in [1.82, 2.24) is 14.9 Å². The number of aromatic nitrogens is 2. The molecule has 1 aromatic heterocycles. The molecule has 1 amide bonds. The average molecular weight is 459 g/mol. The SMILES string of the molecule is CC(C)(C)OC(=O)N1CCC2(CC1)CN(c1ncnc3ccc(CCc4ccccc4)cc13)C2. The minimum atomic E-state index is -0.451. The Morgan fingerprint density at radius 3 is 2.38 bits per heavy atom. The molecular weight excluding hydrogens is 424 g/mol. The van der Waals surface area contributed by atoms with Gasteiger partial charge < -0.3 is 14.5 Å². The Labute approximate surface area is 202 Å². The van der Waals surface area contributed by atoms with E-state index in [1.807, 2.05) is 25.7 Å². The Kier molecular flexibility index (Phi) is 5.92. The normalized spacial score (nSPS) is 17.6. The second kappa shape index (κ2) is 8.90. The van der Waals surface area contributed by atoms with Gasteiger partial charge in [0.15, 0.2) is 0 Å². The second-order valence-corrected chi connectivity index (χ2v) is 10.9. The average Bonchev–Trinajstić information content (AvgIpc) is 2.80. The highest BCUT2D eigenvalue weighted by Crippen LogP contribution is 2.43. The molecule has 2 aliphatic heterocycles. The first kappa shape index (κ1) is 22.6. The predicted octanol–water partition coefficient (Wildman–Crippen LogP) is 5.25. The third kappa shape index (κ3) is 4.86. The van der Waals surface area contributed by atoms with Gasteiger partial charge >= 0.3 is 6.09 Å². The summed E-state index contributed by atoms with van der Waals surface area (Å²) >= 11 is 0. The van der Waals surface area contributed by atoms with Gasteiger partial charge in [0.05, 0.1) is 5.52 Å². The fraction of sp³-hybridized carbons (Fsp3) is 0.464. The molecular formula is C28H34N4O2. The van der Waals surface area contributed by atoms with Crippen LogP contribution >= 0.6 is 0 Å². The largest absolute Gasteiger partial charge is 0.444 e. The first-order chi connectivity index (χ1) is 16.3. The number of fused-ring (bicyclic) bond motifs is 1. The maximum Gasteiger partial charge on any atom is 0.410 e. The quantitative estimate of drug-likeness (QED) is 0.534. The van der Waals surface area contributed by atoms with Crippen LogP contribution in [0, 0.1) is 5.41 Å². The lowest BCUT2D eigenvalue weighted by Gasteiger charge is -2.54. The van der Waals surface area contributed by atoms with Crippen LogP contribution in [0.5, 0.6) is 0 Å². The Hall–Kier alpha value is -3.15. The monoisotopic (exact) mass is 458 g/mol. The van der Waals surface area contributed by atoms with Gasteiger partial charge in [-0.25, -0.2) is 14.8 Å². The van der Waals surface area contributed by atoms with E-state index in [1.165, 1.54) is 11.1 Å². The third-order valence-electron chi connectivity index (χ3n) is 7.05. The third-order valence-corrected chi connectivity index (χ3v) is 7.05. The van der Waals surface area contributed by atoms with E-state index in [4.69, 9.17) is 4.74 Å². The number of anilines is 1. The number of rotatable bonds is 4. The molecule has 3 aromatic rings. The molecule has 0 aliphatic carbocycles. The molecule has 6 nitrogen and oxygen atoms in total. The molecule has 5 rings (SSSR count). The molecule has 2 fully saturated rings. The van der Waals surface area contributed by atoms with Gasteiger partial charge in [0.25, 0.3) is 0 Å². The van der Waals surface area contributed by atoms with Crippen molar-refractivity contribution in [3.63, 3.8) is 0 Å². The van der Waals surface area contributed by atoms with Crippen LogP contribution in [-0.2, 0) is 17.6 Å². The molecule has 2 aromatic carbocycles. The zero-order chi connectivity index (χ0) is 23.8. The van der Waals surface area contributed by atoms with Crippen molar-refractivity contribution in [3.8, 4) is 0 Å². The summed E-state index contributed by atoms with van der Waals surface area (Å²) in [7, 11) is 0. The van der Waals surface area contributed by atoms with Crippen molar-refractivity contribution in [2.75, 3.05) is 31.1 Å². The van der Waals surface area contributed by atoms with E-state index >= 15 is 0 Å². The maximum absolute atomic E-state index is 12.4. The van der Waals surface area contributed by atoms with Crippen LogP contribution in [0.2, 0.25) is 0 Å². The molecule has 0 unspecified atom stereocenters. The summed E-state index contributed by atoms with van der Waals surface area (Å²) in [5.41, 5.74) is 3.48. The van der Waals surface area contributed by atoms with E-state index in [9.17, 15) is 4.79 Å². The van der Waals surface area contributed by atoms with Gasteiger partial charge in [0, 0.05) is 37.0 Å². The number of carbonyl (C=O) groups is 1. The van der Waals surface area contributed by atoms with Gasteiger partial charge in [0.2, 0.25) is 0 Å². The van der Waals surface area contributed by atoms with Crippen molar-refractivity contribution in [1.29, 1.82) is 0 Å². The molecule has 0 N–H and O–H groups in total. The first-order valence-corrected chi connectivity index (χ1v) is 12.3. The van der Waals surface area contributed by atoms with Crippen molar-refractivity contribution in [2.24, 2.45) is 5.41 Å². The van der Waals surface area contributed by atoms with Gasteiger partial charge in [-0.2, -0.15) is 0 Å². The van der Waals surface area contributed by atoms with E-state index < -0.39 is 5.60 Å². The van der Waals surface area contributed by atoms with E-state index in [0.29, 0.717) is 0 Å². The number of benzene rings is 2. The van der Waals surface area contributed by atoms with Crippen LogP contribution < -0.4 is 4.90 Å². The minimum absolute atomic E-state index is 0.191. The fourth-order valence-corrected chi connectivity index (χ4v) is 5.15. The molecule has 3 heterocycles. The predicted molar refractivity (Wildman–Crippen MR) is 135 cm³/mol. The van der Waals surface area contributed by atoms with Crippen molar-refractivity contribution in [2.45, 2.75) is 52.1 Å². The zero-order valence-corrected chi connectivity index (χ0v) is 20.5. The van der Waals surface area contributed by atoms with Gasteiger partial charge in [-0.3, -0.25) is 0 Å². The molecule has 34 heavy (non-hydrogen) atoms. The van der Waals surface area contributed by atoms with E-state index in [-0.39, 0.29) is 11.5 Å². The molecule has 1 spiro atoms. The highest BCUT2D eigenvalue weighted by atomic mass is 16.6. The van der Waals surface area contributed by atoms with Gasteiger partial charge in [0.1, 0.15) is 17.7 Å². The summed E-state index contributed by atoms with van der Waals surface area (Å²) in [5, 5.41) is 1.13. The lowest BCUT2D eigenvalue weighted by molar-refractivity contribution is 0.00593. The standard InChI is InChI=1S/C28H34N4O2/c1-27(2,3)34-26(33)31-15-13-28(14-16-31)18-32(19-28)25-23-17-22(11-12-24(23)29-20-30-25)10-9-21-7-5-4-6-8-21/h4-8,11-12,17,20H,9-10,13-16,18-19H2,1-3H3. The number of piperidine rings is 1. The molecule has 0 bridgehead atoms. The van der Waals surface area contributed by atoms with Crippen molar-refractivity contribution in [3.05, 3.63) is 66.0 Å². The van der Waals surface area contributed by atoms with Gasteiger partial charge in [-0.1, -0.05) is 36.4 Å². The highest BCUT2D eigenvalue weighted by molar-refractivity contribution is 5.90.